The molecule has 0 aromatic heterocycles. The van der Waals surface area contributed by atoms with Gasteiger partial charge in [0.25, 0.3) is 0 Å². The van der Waals surface area contributed by atoms with Gasteiger partial charge in [-0.15, -0.1) is 0 Å². The molecule has 27 heavy (non-hydrogen) atoms. The normalized spacial score (nSPS) is 14.7. The van der Waals surface area contributed by atoms with E-state index in [2.05, 4.69) is 27.5 Å². The Morgan fingerprint density at radius 3 is 2.15 bits per heavy atom. The van der Waals surface area contributed by atoms with Crippen LogP contribution in [-0.4, -0.2) is 49.9 Å². The van der Waals surface area contributed by atoms with Crippen LogP contribution in [0, 0.1) is 0 Å². The molecule has 0 unspecified atom stereocenters. The lowest BCUT2D eigenvalue weighted by Crippen LogP contribution is -2.44. The van der Waals surface area contributed by atoms with Gasteiger partial charge in [0.2, 0.25) is 0 Å². The van der Waals surface area contributed by atoms with E-state index in [1.54, 1.807) is 24.3 Å². The summed E-state index contributed by atoms with van der Waals surface area (Å²) in [5.74, 6) is -1.57. The Morgan fingerprint density at radius 1 is 0.889 bits per heavy atom. The highest BCUT2D eigenvalue weighted by Gasteiger charge is 2.17. The highest BCUT2D eigenvalue weighted by molar-refractivity contribution is 6.45. The Labute approximate surface area is 168 Å². The third-order valence-corrected chi connectivity index (χ3v) is 4.93. The van der Waals surface area contributed by atoms with E-state index in [9.17, 15) is 9.59 Å². The average Bonchev–Trinajstić information content (AvgIpc) is 2.65. The number of anilines is 3. The van der Waals surface area contributed by atoms with E-state index in [1.165, 1.54) is 6.07 Å². The van der Waals surface area contributed by atoms with Crippen LogP contribution >= 0.6 is 23.2 Å². The Bertz CT molecular complexity index is 834. The van der Waals surface area contributed by atoms with Crippen LogP contribution in [0.15, 0.2) is 42.5 Å². The molecular weight excluding hydrogens is 387 g/mol. The Balaban J connectivity index is 1.57. The molecule has 2 aromatic carbocycles. The summed E-state index contributed by atoms with van der Waals surface area (Å²) >= 11 is 11.8. The van der Waals surface area contributed by atoms with Crippen LogP contribution in [0.2, 0.25) is 10.0 Å². The smallest absolute Gasteiger partial charge is 0.314 e. The summed E-state index contributed by atoms with van der Waals surface area (Å²) < 4.78 is 0. The zero-order chi connectivity index (χ0) is 19.4. The molecule has 142 valence electrons. The number of nitrogens with zero attached hydrogens (tertiary/aromatic N) is 2. The van der Waals surface area contributed by atoms with Gasteiger partial charge >= 0.3 is 11.8 Å². The fourth-order valence-electron chi connectivity index (χ4n) is 2.78. The molecule has 0 saturated carbocycles. The Hall–Kier alpha value is -2.28. The first-order chi connectivity index (χ1) is 12.9. The van der Waals surface area contributed by atoms with E-state index in [4.69, 9.17) is 23.2 Å². The fraction of sp³-hybridized carbons (Fsp3) is 0.263. The molecule has 6 nitrogen and oxygen atoms in total. The molecule has 3 rings (SSSR count). The molecule has 2 aromatic rings. The van der Waals surface area contributed by atoms with E-state index in [0.717, 1.165) is 31.9 Å². The second-order valence-electron chi connectivity index (χ2n) is 6.37. The van der Waals surface area contributed by atoms with Gasteiger partial charge in [-0.1, -0.05) is 23.2 Å². The molecule has 0 atom stereocenters. The number of amides is 2. The van der Waals surface area contributed by atoms with Gasteiger partial charge in [-0.2, -0.15) is 0 Å². The highest BCUT2D eigenvalue weighted by Crippen LogP contribution is 2.25. The van der Waals surface area contributed by atoms with E-state index in [1.807, 2.05) is 12.1 Å². The molecule has 0 radical (unpaired) electrons. The van der Waals surface area contributed by atoms with Crippen molar-refractivity contribution in [1.82, 2.24) is 4.90 Å². The summed E-state index contributed by atoms with van der Waals surface area (Å²) in [7, 11) is 2.11. The van der Waals surface area contributed by atoms with Crippen molar-refractivity contribution in [1.29, 1.82) is 0 Å². The zero-order valence-electron chi connectivity index (χ0n) is 14.8. The number of halogens is 2. The van der Waals surface area contributed by atoms with E-state index in [-0.39, 0.29) is 5.02 Å². The van der Waals surface area contributed by atoms with Crippen LogP contribution in [0.1, 0.15) is 0 Å². The summed E-state index contributed by atoms with van der Waals surface area (Å²) in [5.41, 5.74) is 1.97. The molecule has 0 bridgehead atoms. The quantitative estimate of drug-likeness (QED) is 0.767. The maximum absolute atomic E-state index is 12.1. The summed E-state index contributed by atoms with van der Waals surface area (Å²) in [5, 5.41) is 5.76. The zero-order valence-corrected chi connectivity index (χ0v) is 16.3. The summed E-state index contributed by atoms with van der Waals surface area (Å²) in [6.45, 7) is 3.97. The van der Waals surface area contributed by atoms with Crippen molar-refractivity contribution in [3.8, 4) is 0 Å². The largest absolute Gasteiger partial charge is 0.369 e. The van der Waals surface area contributed by atoms with E-state index in [0.29, 0.717) is 16.4 Å². The van der Waals surface area contributed by atoms with Gasteiger partial charge in [0.1, 0.15) is 0 Å². The third kappa shape index (κ3) is 5.13. The number of hydrogen-bond donors (Lipinski definition) is 2. The number of hydrogen-bond acceptors (Lipinski definition) is 4. The molecule has 2 amide bonds. The number of benzene rings is 2. The summed E-state index contributed by atoms with van der Waals surface area (Å²) in [6, 6.07) is 12.1. The number of piperazine rings is 1. The molecular formula is C19H20Cl2N4O2. The summed E-state index contributed by atoms with van der Waals surface area (Å²) in [4.78, 5) is 28.8. The second kappa shape index (κ2) is 8.61. The highest BCUT2D eigenvalue weighted by atomic mass is 35.5. The van der Waals surface area contributed by atoms with Gasteiger partial charge in [-0.3, -0.25) is 9.59 Å². The molecule has 1 aliphatic heterocycles. The van der Waals surface area contributed by atoms with Crippen LogP contribution in [-0.2, 0) is 9.59 Å². The molecule has 0 aliphatic carbocycles. The van der Waals surface area contributed by atoms with Crippen molar-refractivity contribution < 1.29 is 9.59 Å². The number of likely N-dealkylation sites (N-methyl/N-ethyl adjacent to an activating group) is 1. The monoisotopic (exact) mass is 406 g/mol. The van der Waals surface area contributed by atoms with Gasteiger partial charge in [0, 0.05) is 42.6 Å². The van der Waals surface area contributed by atoms with Crippen LogP contribution in [0.5, 0.6) is 0 Å². The second-order valence-corrected chi connectivity index (χ2v) is 7.21. The van der Waals surface area contributed by atoms with Gasteiger partial charge in [-0.05, 0) is 49.5 Å². The maximum atomic E-state index is 12.1. The van der Waals surface area contributed by atoms with Crippen LogP contribution in [0.3, 0.4) is 0 Å². The third-order valence-electron chi connectivity index (χ3n) is 4.38. The van der Waals surface area contributed by atoms with Crippen molar-refractivity contribution in [2.75, 3.05) is 48.8 Å². The lowest BCUT2D eigenvalue weighted by Gasteiger charge is -2.34. The SMILES string of the molecule is CN1CCN(c2ccc(NC(=O)C(=O)Nc3ccc(Cl)cc3Cl)cc2)CC1. The minimum atomic E-state index is -0.803. The van der Waals surface area contributed by atoms with Crippen molar-refractivity contribution >= 4 is 52.1 Å². The van der Waals surface area contributed by atoms with Crippen molar-refractivity contribution in [3.05, 3.63) is 52.5 Å². The topological polar surface area (TPSA) is 64.7 Å². The number of carbonyl (C=O) groups excluding carboxylic acids is 2. The lowest BCUT2D eigenvalue weighted by atomic mass is 10.2. The van der Waals surface area contributed by atoms with Crippen molar-refractivity contribution in [2.45, 2.75) is 0 Å². The molecule has 1 fully saturated rings. The van der Waals surface area contributed by atoms with E-state index >= 15 is 0 Å². The first-order valence-electron chi connectivity index (χ1n) is 8.53. The predicted molar refractivity (Wildman–Crippen MR) is 110 cm³/mol. The van der Waals surface area contributed by atoms with E-state index < -0.39 is 11.8 Å². The number of carbonyl (C=O) groups is 2. The molecule has 1 aliphatic rings. The van der Waals surface area contributed by atoms with Crippen molar-refractivity contribution in [2.24, 2.45) is 0 Å². The number of rotatable bonds is 3. The Kier molecular flexibility index (Phi) is 6.21. The van der Waals surface area contributed by atoms with Crippen molar-refractivity contribution in [3.63, 3.8) is 0 Å². The van der Waals surface area contributed by atoms with Gasteiger partial charge in [0.15, 0.2) is 0 Å². The van der Waals surface area contributed by atoms with Gasteiger partial charge < -0.3 is 20.4 Å². The minimum absolute atomic E-state index is 0.264. The Morgan fingerprint density at radius 2 is 1.52 bits per heavy atom. The molecule has 1 heterocycles. The first-order valence-corrected chi connectivity index (χ1v) is 9.29. The van der Waals surface area contributed by atoms with Crippen LogP contribution < -0.4 is 15.5 Å². The predicted octanol–water partition coefficient (Wildman–Crippen LogP) is 3.32. The first kappa shape index (κ1) is 19.5. The number of nitrogens with one attached hydrogen (secondary N) is 2. The van der Waals surface area contributed by atoms with Gasteiger partial charge in [0.05, 0.1) is 10.7 Å². The molecule has 0 spiro atoms. The standard InChI is InChI=1S/C19H20Cl2N4O2/c1-24-8-10-25(11-9-24)15-5-3-14(4-6-15)22-18(26)19(27)23-17-7-2-13(20)12-16(17)21/h2-7,12H,8-11H2,1H3,(H,22,26)(H,23,27). The van der Waals surface area contributed by atoms with Crippen LogP contribution in [0.25, 0.3) is 0 Å². The minimum Gasteiger partial charge on any atom is -0.369 e. The van der Waals surface area contributed by atoms with Crippen LogP contribution in [0.4, 0.5) is 17.1 Å². The average molecular weight is 407 g/mol. The van der Waals surface area contributed by atoms with Gasteiger partial charge in [-0.25, -0.2) is 0 Å². The molecule has 2 N–H and O–H groups in total. The molecule has 8 heteroatoms. The lowest BCUT2D eigenvalue weighted by molar-refractivity contribution is -0.132. The molecule has 1 saturated heterocycles. The fourth-order valence-corrected chi connectivity index (χ4v) is 3.23. The maximum Gasteiger partial charge on any atom is 0.314 e. The summed E-state index contributed by atoms with van der Waals surface area (Å²) in [6.07, 6.45) is 0.